The summed E-state index contributed by atoms with van der Waals surface area (Å²) in [6.07, 6.45) is 0. The molecule has 0 radical (unpaired) electrons. The molecule has 0 fully saturated rings. The number of hydrogen-bond donors (Lipinski definition) is 2. The van der Waals surface area contributed by atoms with Crippen molar-refractivity contribution in [3.8, 4) is 0 Å². The maximum atomic E-state index is 10.6. The summed E-state index contributed by atoms with van der Waals surface area (Å²) < 4.78 is 0. The summed E-state index contributed by atoms with van der Waals surface area (Å²) in [6, 6.07) is 2.81. The molecule has 7 nitrogen and oxygen atoms in total. The summed E-state index contributed by atoms with van der Waals surface area (Å²) in [5.74, 6) is 0.347. The first-order valence-electron chi connectivity index (χ1n) is 5.05. The Kier molecular flexibility index (Phi) is 3.52. The lowest BCUT2D eigenvalue weighted by atomic mass is 10.1. The van der Waals surface area contributed by atoms with E-state index in [4.69, 9.17) is 5.73 Å². The molecule has 7 heteroatoms. The predicted molar refractivity (Wildman–Crippen MR) is 64.9 cm³/mol. The summed E-state index contributed by atoms with van der Waals surface area (Å²) in [5.41, 5.74) is 4.77. The summed E-state index contributed by atoms with van der Waals surface area (Å²) in [7, 11) is 1.74. The fourth-order valence-corrected chi connectivity index (χ4v) is 1.21. The minimum atomic E-state index is -0.580. The molecule has 1 aromatic heterocycles. The molecule has 0 bridgehead atoms. The maximum Gasteiger partial charge on any atom is 0.311 e. The van der Waals surface area contributed by atoms with Crippen LogP contribution in [-0.4, -0.2) is 34.2 Å². The van der Waals surface area contributed by atoms with E-state index in [0.29, 0.717) is 5.82 Å². The molecule has 3 N–H and O–H groups in total. The number of nitrogen functional groups attached to an aromatic ring is 1. The van der Waals surface area contributed by atoms with Crippen LogP contribution in [0.1, 0.15) is 13.8 Å². The zero-order chi connectivity index (χ0) is 13.2. The highest BCUT2D eigenvalue weighted by Gasteiger charge is 2.25. The van der Waals surface area contributed by atoms with Gasteiger partial charge in [-0.15, -0.1) is 0 Å². The monoisotopic (exact) mass is 240 g/mol. The standard InChI is InChI=1S/C10H16N4O3/c1-10(2,6-15)13(3)8-5-4-7(14(16)17)9(11)12-8/h4-5,15H,6H2,1-3H3,(H2,11,12). The van der Waals surface area contributed by atoms with Gasteiger partial charge in [-0.05, 0) is 19.9 Å². The van der Waals surface area contributed by atoms with Crippen molar-refractivity contribution in [2.24, 2.45) is 0 Å². The van der Waals surface area contributed by atoms with Crippen molar-refractivity contribution in [3.63, 3.8) is 0 Å². The second kappa shape index (κ2) is 4.54. The highest BCUT2D eigenvalue weighted by Crippen LogP contribution is 2.25. The van der Waals surface area contributed by atoms with Gasteiger partial charge in [0.25, 0.3) is 0 Å². The smallest absolute Gasteiger partial charge is 0.311 e. The van der Waals surface area contributed by atoms with E-state index in [1.807, 2.05) is 13.8 Å². The number of rotatable bonds is 4. The van der Waals surface area contributed by atoms with Crippen LogP contribution in [0.5, 0.6) is 0 Å². The Morgan fingerprint density at radius 1 is 1.59 bits per heavy atom. The van der Waals surface area contributed by atoms with Gasteiger partial charge in [-0.3, -0.25) is 10.1 Å². The van der Waals surface area contributed by atoms with E-state index >= 15 is 0 Å². The molecule has 0 saturated heterocycles. The van der Waals surface area contributed by atoms with Crippen LogP contribution in [0.2, 0.25) is 0 Å². The van der Waals surface area contributed by atoms with Crippen molar-refractivity contribution in [2.45, 2.75) is 19.4 Å². The van der Waals surface area contributed by atoms with Crippen LogP contribution in [0.15, 0.2) is 12.1 Å². The molecule has 0 aliphatic carbocycles. The van der Waals surface area contributed by atoms with Crippen LogP contribution in [0.25, 0.3) is 0 Å². The molecule has 0 aliphatic rings. The molecule has 1 aromatic rings. The second-order valence-corrected chi connectivity index (χ2v) is 4.36. The number of nitrogens with two attached hydrogens (primary N) is 1. The number of aliphatic hydroxyl groups excluding tert-OH is 1. The van der Waals surface area contributed by atoms with E-state index in [1.165, 1.54) is 12.1 Å². The molecule has 0 spiro atoms. The Hall–Kier alpha value is -1.89. The third kappa shape index (κ3) is 2.62. The van der Waals surface area contributed by atoms with Crippen LogP contribution in [0.4, 0.5) is 17.3 Å². The number of anilines is 2. The first-order chi connectivity index (χ1) is 7.79. The third-order valence-electron chi connectivity index (χ3n) is 2.72. The molecule has 17 heavy (non-hydrogen) atoms. The first kappa shape index (κ1) is 13.2. The lowest BCUT2D eigenvalue weighted by Crippen LogP contribution is -2.44. The normalized spacial score (nSPS) is 11.3. The van der Waals surface area contributed by atoms with Gasteiger partial charge >= 0.3 is 5.69 Å². The summed E-state index contributed by atoms with van der Waals surface area (Å²) in [4.78, 5) is 15.7. The number of hydrogen-bond acceptors (Lipinski definition) is 6. The van der Waals surface area contributed by atoms with Gasteiger partial charge in [-0.2, -0.15) is 0 Å². The third-order valence-corrected chi connectivity index (χ3v) is 2.72. The molecular formula is C10H16N4O3. The minimum absolute atomic E-state index is 0.0674. The molecule has 1 heterocycles. The molecule has 1 rings (SSSR count). The van der Waals surface area contributed by atoms with Crippen molar-refractivity contribution < 1.29 is 10.0 Å². The Morgan fingerprint density at radius 3 is 2.59 bits per heavy atom. The van der Waals surface area contributed by atoms with Crippen molar-refractivity contribution in [3.05, 3.63) is 22.2 Å². The number of nitro groups is 1. The Labute approximate surface area is 99.0 Å². The second-order valence-electron chi connectivity index (χ2n) is 4.36. The van der Waals surface area contributed by atoms with Crippen molar-refractivity contribution in [1.82, 2.24) is 4.98 Å². The van der Waals surface area contributed by atoms with Gasteiger partial charge < -0.3 is 15.7 Å². The SMILES string of the molecule is CN(c1ccc([N+](=O)[O-])c(N)n1)C(C)(C)CO. The van der Waals surface area contributed by atoms with Crippen molar-refractivity contribution in [2.75, 3.05) is 24.3 Å². The van der Waals surface area contributed by atoms with Gasteiger partial charge in [-0.1, -0.05) is 0 Å². The molecule has 0 atom stereocenters. The van der Waals surface area contributed by atoms with Gasteiger partial charge in [0.1, 0.15) is 5.82 Å². The fraction of sp³-hybridized carbons (Fsp3) is 0.500. The zero-order valence-electron chi connectivity index (χ0n) is 10.0. The van der Waals surface area contributed by atoms with Crippen LogP contribution < -0.4 is 10.6 Å². The largest absolute Gasteiger partial charge is 0.394 e. The van der Waals surface area contributed by atoms with Gasteiger partial charge in [0.05, 0.1) is 17.1 Å². The summed E-state index contributed by atoms with van der Waals surface area (Å²) >= 11 is 0. The van der Waals surface area contributed by atoms with Crippen molar-refractivity contribution in [1.29, 1.82) is 0 Å². The number of aromatic nitrogens is 1. The summed E-state index contributed by atoms with van der Waals surface area (Å²) in [5, 5.41) is 19.8. The number of likely N-dealkylation sites (N-methyl/N-ethyl adjacent to an activating group) is 1. The van der Waals surface area contributed by atoms with E-state index in [1.54, 1.807) is 11.9 Å². The van der Waals surface area contributed by atoms with Gasteiger partial charge in [-0.25, -0.2) is 4.98 Å². The highest BCUT2D eigenvalue weighted by molar-refractivity contribution is 5.58. The van der Waals surface area contributed by atoms with E-state index in [0.717, 1.165) is 0 Å². The Morgan fingerprint density at radius 2 is 2.18 bits per heavy atom. The van der Waals surface area contributed by atoms with E-state index in [2.05, 4.69) is 4.98 Å². The quantitative estimate of drug-likeness (QED) is 0.595. The van der Waals surface area contributed by atoms with Gasteiger partial charge in [0.15, 0.2) is 0 Å². The number of aliphatic hydroxyl groups is 1. The first-order valence-corrected chi connectivity index (χ1v) is 5.05. The zero-order valence-corrected chi connectivity index (χ0v) is 10.0. The van der Waals surface area contributed by atoms with Gasteiger partial charge in [0, 0.05) is 13.1 Å². The van der Waals surface area contributed by atoms with Crippen LogP contribution in [0, 0.1) is 10.1 Å². The molecule has 0 amide bonds. The molecular weight excluding hydrogens is 224 g/mol. The molecule has 0 saturated carbocycles. The van der Waals surface area contributed by atoms with Crippen molar-refractivity contribution >= 4 is 17.3 Å². The number of pyridine rings is 1. The lowest BCUT2D eigenvalue weighted by molar-refractivity contribution is -0.384. The van der Waals surface area contributed by atoms with Crippen LogP contribution >= 0.6 is 0 Å². The van der Waals surface area contributed by atoms with E-state index in [9.17, 15) is 15.2 Å². The predicted octanol–water partition coefficient (Wildman–Crippen LogP) is 0.779. The topological polar surface area (TPSA) is 106 Å². The minimum Gasteiger partial charge on any atom is -0.394 e. The highest BCUT2D eigenvalue weighted by atomic mass is 16.6. The molecule has 0 aliphatic heterocycles. The molecule has 0 unspecified atom stereocenters. The van der Waals surface area contributed by atoms with Crippen LogP contribution in [0.3, 0.4) is 0 Å². The number of nitrogens with zero attached hydrogens (tertiary/aromatic N) is 3. The lowest BCUT2D eigenvalue weighted by Gasteiger charge is -2.34. The van der Waals surface area contributed by atoms with E-state index in [-0.39, 0.29) is 18.1 Å². The fourth-order valence-electron chi connectivity index (χ4n) is 1.21. The van der Waals surface area contributed by atoms with Gasteiger partial charge in [0.2, 0.25) is 5.82 Å². The van der Waals surface area contributed by atoms with Crippen LogP contribution in [-0.2, 0) is 0 Å². The maximum absolute atomic E-state index is 10.6. The average Bonchev–Trinajstić information content (AvgIpc) is 2.27. The summed E-state index contributed by atoms with van der Waals surface area (Å²) in [6.45, 7) is 3.58. The Balaban J connectivity index is 3.10. The molecule has 0 aromatic carbocycles. The molecule has 94 valence electrons. The van der Waals surface area contributed by atoms with E-state index < -0.39 is 10.5 Å². The Bertz CT molecular complexity index is 434. The average molecular weight is 240 g/mol.